The first-order valence-electron chi connectivity index (χ1n) is 11.1. The van der Waals surface area contributed by atoms with E-state index in [1.807, 2.05) is 66.9 Å². The number of nitrogens with one attached hydrogen (secondary N) is 2. The number of carbonyl (C=O) groups is 1. The molecule has 1 aliphatic rings. The van der Waals surface area contributed by atoms with Crippen LogP contribution in [0.1, 0.15) is 29.0 Å². The van der Waals surface area contributed by atoms with Crippen LogP contribution in [0.4, 0.5) is 0 Å². The van der Waals surface area contributed by atoms with Gasteiger partial charge in [-0.05, 0) is 53.1 Å². The van der Waals surface area contributed by atoms with Crippen molar-refractivity contribution in [1.82, 2.24) is 10.3 Å². The first kappa shape index (κ1) is 21.7. The molecule has 1 aromatic heterocycles. The SMILES string of the molecule is COc1ccc(C(CC(=O)NCc2ccc3c(c2)OCO3)c2c[nH]c3cccc(OC)c23)cc1. The molecule has 0 aliphatic carbocycles. The van der Waals surface area contributed by atoms with Gasteiger partial charge in [-0.25, -0.2) is 0 Å². The molecule has 34 heavy (non-hydrogen) atoms. The van der Waals surface area contributed by atoms with Crippen LogP contribution in [0.3, 0.4) is 0 Å². The van der Waals surface area contributed by atoms with E-state index in [9.17, 15) is 4.79 Å². The van der Waals surface area contributed by atoms with Gasteiger partial charge in [0.2, 0.25) is 12.7 Å². The second-order valence-corrected chi connectivity index (χ2v) is 8.12. The lowest BCUT2D eigenvalue weighted by Gasteiger charge is -2.18. The lowest BCUT2D eigenvalue weighted by Crippen LogP contribution is -2.25. The zero-order valence-electron chi connectivity index (χ0n) is 19.1. The number of ether oxygens (including phenoxy) is 4. The van der Waals surface area contributed by atoms with E-state index in [2.05, 4.69) is 10.3 Å². The molecule has 1 unspecified atom stereocenters. The molecule has 1 aliphatic heterocycles. The van der Waals surface area contributed by atoms with Crippen molar-refractivity contribution in [2.75, 3.05) is 21.0 Å². The zero-order chi connectivity index (χ0) is 23.5. The van der Waals surface area contributed by atoms with Crippen LogP contribution in [-0.4, -0.2) is 31.9 Å². The Balaban J connectivity index is 1.41. The minimum Gasteiger partial charge on any atom is -0.497 e. The van der Waals surface area contributed by atoms with Gasteiger partial charge in [0.1, 0.15) is 11.5 Å². The lowest BCUT2D eigenvalue weighted by atomic mass is 9.87. The van der Waals surface area contributed by atoms with Crippen molar-refractivity contribution in [3.8, 4) is 23.0 Å². The molecule has 0 radical (unpaired) electrons. The number of aromatic amines is 1. The van der Waals surface area contributed by atoms with Crippen LogP contribution in [0.15, 0.2) is 66.9 Å². The summed E-state index contributed by atoms with van der Waals surface area (Å²) < 4.78 is 21.8. The summed E-state index contributed by atoms with van der Waals surface area (Å²) in [5.74, 6) is 2.74. The molecule has 1 amide bonds. The van der Waals surface area contributed by atoms with E-state index in [1.54, 1.807) is 14.2 Å². The molecule has 0 bridgehead atoms. The summed E-state index contributed by atoms with van der Waals surface area (Å²) in [5.41, 5.74) is 3.95. The van der Waals surface area contributed by atoms with Crippen molar-refractivity contribution >= 4 is 16.8 Å². The molecule has 0 spiro atoms. The highest BCUT2D eigenvalue weighted by Gasteiger charge is 2.23. The molecule has 3 aromatic carbocycles. The van der Waals surface area contributed by atoms with Gasteiger partial charge in [-0.15, -0.1) is 0 Å². The number of H-pyrrole nitrogens is 1. The van der Waals surface area contributed by atoms with Crippen LogP contribution >= 0.6 is 0 Å². The summed E-state index contributed by atoms with van der Waals surface area (Å²) in [6, 6.07) is 19.4. The smallest absolute Gasteiger partial charge is 0.231 e. The number of fused-ring (bicyclic) bond motifs is 2. The average Bonchev–Trinajstić information content (AvgIpc) is 3.53. The quantitative estimate of drug-likeness (QED) is 0.398. The third kappa shape index (κ3) is 4.24. The Kier molecular flexibility index (Phi) is 5.99. The third-order valence-corrected chi connectivity index (χ3v) is 6.13. The average molecular weight is 459 g/mol. The van der Waals surface area contributed by atoms with Crippen LogP contribution in [0.25, 0.3) is 10.9 Å². The van der Waals surface area contributed by atoms with Crippen molar-refractivity contribution in [2.45, 2.75) is 18.9 Å². The first-order valence-corrected chi connectivity index (χ1v) is 11.1. The highest BCUT2D eigenvalue weighted by Crippen LogP contribution is 2.38. The van der Waals surface area contributed by atoms with Gasteiger partial charge in [-0.2, -0.15) is 0 Å². The molecule has 0 saturated heterocycles. The Morgan fingerprint density at radius 2 is 1.85 bits per heavy atom. The summed E-state index contributed by atoms with van der Waals surface area (Å²) >= 11 is 0. The molecule has 2 N–H and O–H groups in total. The fourth-order valence-electron chi connectivity index (χ4n) is 4.37. The lowest BCUT2D eigenvalue weighted by molar-refractivity contribution is -0.121. The highest BCUT2D eigenvalue weighted by atomic mass is 16.7. The minimum absolute atomic E-state index is 0.0530. The van der Waals surface area contributed by atoms with Gasteiger partial charge in [0.15, 0.2) is 11.5 Å². The molecule has 1 atom stereocenters. The first-order chi connectivity index (χ1) is 16.7. The van der Waals surface area contributed by atoms with E-state index in [-0.39, 0.29) is 25.0 Å². The summed E-state index contributed by atoms with van der Waals surface area (Å²) in [6.45, 7) is 0.630. The molecule has 0 saturated carbocycles. The Morgan fingerprint density at radius 3 is 2.65 bits per heavy atom. The Bertz CT molecular complexity index is 1310. The maximum atomic E-state index is 13.1. The van der Waals surface area contributed by atoms with Crippen molar-refractivity contribution in [1.29, 1.82) is 0 Å². The monoisotopic (exact) mass is 458 g/mol. The molecule has 2 heterocycles. The van der Waals surface area contributed by atoms with E-state index in [0.717, 1.165) is 44.8 Å². The summed E-state index contributed by atoms with van der Waals surface area (Å²) in [6.07, 6.45) is 2.25. The van der Waals surface area contributed by atoms with Gasteiger partial charge in [0.05, 0.1) is 14.2 Å². The molecule has 174 valence electrons. The predicted molar refractivity (Wildman–Crippen MR) is 129 cm³/mol. The molecule has 7 nitrogen and oxygen atoms in total. The van der Waals surface area contributed by atoms with Crippen molar-refractivity contribution < 1.29 is 23.7 Å². The van der Waals surface area contributed by atoms with Gasteiger partial charge in [-0.1, -0.05) is 24.3 Å². The maximum absolute atomic E-state index is 13.1. The van der Waals surface area contributed by atoms with E-state index in [1.165, 1.54) is 0 Å². The van der Waals surface area contributed by atoms with E-state index in [0.29, 0.717) is 12.3 Å². The Labute approximate surface area is 197 Å². The predicted octanol–water partition coefficient (Wildman–Crippen LogP) is 4.75. The van der Waals surface area contributed by atoms with Crippen molar-refractivity contribution in [3.63, 3.8) is 0 Å². The highest BCUT2D eigenvalue weighted by molar-refractivity contribution is 5.91. The molecular formula is C27H26N2O5. The van der Waals surface area contributed by atoms with Gasteiger partial charge < -0.3 is 29.2 Å². The normalized spacial score (nSPS) is 13.0. The standard InChI is InChI=1S/C27H26N2O5/c1-31-19-9-7-18(8-10-19)20(21-15-28-22-4-3-5-24(32-2)27(21)22)13-26(30)29-14-17-6-11-23-25(12-17)34-16-33-23/h3-12,15,20,28H,13-14,16H2,1-2H3,(H,29,30). The number of carbonyl (C=O) groups excluding carboxylic acids is 1. The van der Waals surface area contributed by atoms with Gasteiger partial charge in [0.25, 0.3) is 0 Å². The van der Waals surface area contributed by atoms with Crippen molar-refractivity contribution in [3.05, 3.63) is 83.6 Å². The topological polar surface area (TPSA) is 81.8 Å². The Morgan fingerprint density at radius 1 is 1.03 bits per heavy atom. The number of methoxy groups -OCH3 is 2. The number of rotatable bonds is 8. The van der Waals surface area contributed by atoms with Gasteiger partial charge in [0, 0.05) is 36.0 Å². The van der Waals surface area contributed by atoms with Crippen LogP contribution in [0.2, 0.25) is 0 Å². The Hall–Kier alpha value is -4.13. The van der Waals surface area contributed by atoms with Gasteiger partial charge >= 0.3 is 0 Å². The fraction of sp³-hybridized carbons (Fsp3) is 0.222. The maximum Gasteiger partial charge on any atom is 0.231 e. The fourth-order valence-corrected chi connectivity index (χ4v) is 4.37. The summed E-state index contributed by atoms with van der Waals surface area (Å²) in [4.78, 5) is 16.4. The van der Waals surface area contributed by atoms with Crippen LogP contribution < -0.4 is 24.3 Å². The third-order valence-electron chi connectivity index (χ3n) is 6.13. The largest absolute Gasteiger partial charge is 0.497 e. The van der Waals surface area contributed by atoms with E-state index >= 15 is 0 Å². The van der Waals surface area contributed by atoms with E-state index in [4.69, 9.17) is 18.9 Å². The van der Waals surface area contributed by atoms with Crippen LogP contribution in [0.5, 0.6) is 23.0 Å². The number of hydrogen-bond donors (Lipinski definition) is 2. The van der Waals surface area contributed by atoms with Crippen LogP contribution in [-0.2, 0) is 11.3 Å². The molecular weight excluding hydrogens is 432 g/mol. The van der Waals surface area contributed by atoms with E-state index < -0.39 is 0 Å². The number of benzene rings is 3. The summed E-state index contributed by atoms with van der Waals surface area (Å²) in [5, 5.41) is 4.03. The van der Waals surface area contributed by atoms with Gasteiger partial charge in [-0.3, -0.25) is 4.79 Å². The number of hydrogen-bond acceptors (Lipinski definition) is 5. The molecule has 7 heteroatoms. The number of aromatic nitrogens is 1. The number of amides is 1. The zero-order valence-corrected chi connectivity index (χ0v) is 19.1. The van der Waals surface area contributed by atoms with Crippen molar-refractivity contribution in [2.24, 2.45) is 0 Å². The second kappa shape index (κ2) is 9.39. The summed E-state index contributed by atoms with van der Waals surface area (Å²) in [7, 11) is 3.30. The molecule has 5 rings (SSSR count). The minimum atomic E-state index is -0.173. The molecule has 0 fully saturated rings. The second-order valence-electron chi connectivity index (χ2n) is 8.12. The molecule has 4 aromatic rings. The van der Waals surface area contributed by atoms with Crippen LogP contribution in [0, 0.1) is 0 Å².